The molecule has 0 aromatic rings. The van der Waals surface area contributed by atoms with Crippen LogP contribution in [-0.4, -0.2) is 18.6 Å². The Morgan fingerprint density at radius 2 is 2.60 bits per heavy atom. The first-order valence-electron chi connectivity index (χ1n) is 3.47. The lowest BCUT2D eigenvalue weighted by Crippen LogP contribution is -2.33. The monoisotopic (exact) mass is 139 g/mol. The summed E-state index contributed by atoms with van der Waals surface area (Å²) in [6.07, 6.45) is 3.49. The highest BCUT2D eigenvalue weighted by molar-refractivity contribution is 5.88. The molecule has 1 atom stereocenters. The molecule has 0 amide bonds. The van der Waals surface area contributed by atoms with E-state index >= 15 is 0 Å². The summed E-state index contributed by atoms with van der Waals surface area (Å²) in [5.41, 5.74) is 0. The largest absolute Gasteiger partial charge is 0.481 e. The normalized spacial score (nSPS) is 31.0. The summed E-state index contributed by atoms with van der Waals surface area (Å²) in [6, 6.07) is -0.117. The van der Waals surface area contributed by atoms with Crippen molar-refractivity contribution in [2.24, 2.45) is 0 Å². The van der Waals surface area contributed by atoms with E-state index < -0.39 is 0 Å². The average Bonchev–Trinajstić information content (AvgIpc) is 2.36. The lowest BCUT2D eigenvalue weighted by molar-refractivity contribution is -0.120. The van der Waals surface area contributed by atoms with Crippen molar-refractivity contribution in [2.75, 3.05) is 6.73 Å². The van der Waals surface area contributed by atoms with Crippen molar-refractivity contribution in [1.82, 2.24) is 5.32 Å². The third-order valence-electron chi connectivity index (χ3n) is 1.87. The molecule has 1 unspecified atom stereocenters. The third-order valence-corrected chi connectivity index (χ3v) is 1.87. The van der Waals surface area contributed by atoms with Crippen molar-refractivity contribution in [1.29, 1.82) is 0 Å². The summed E-state index contributed by atoms with van der Waals surface area (Å²) >= 11 is 0. The molecular formula is C7H9NO2. The second-order valence-corrected chi connectivity index (χ2v) is 2.54. The van der Waals surface area contributed by atoms with Crippen LogP contribution < -0.4 is 5.32 Å². The van der Waals surface area contributed by atoms with Gasteiger partial charge in [-0.05, 0) is 12.5 Å². The van der Waals surface area contributed by atoms with Gasteiger partial charge in [-0.1, -0.05) is 0 Å². The molecule has 0 saturated carbocycles. The van der Waals surface area contributed by atoms with Crippen LogP contribution in [0.2, 0.25) is 0 Å². The van der Waals surface area contributed by atoms with Crippen LogP contribution in [0.3, 0.4) is 0 Å². The van der Waals surface area contributed by atoms with E-state index in [1.807, 2.05) is 6.08 Å². The van der Waals surface area contributed by atoms with Gasteiger partial charge in [0.1, 0.15) is 18.5 Å². The van der Waals surface area contributed by atoms with Gasteiger partial charge in [0, 0.05) is 6.42 Å². The number of allylic oxidation sites excluding steroid dienone is 1. The molecular weight excluding hydrogens is 130 g/mol. The summed E-state index contributed by atoms with van der Waals surface area (Å²) < 4.78 is 5.16. The molecule has 1 saturated heterocycles. The highest BCUT2D eigenvalue weighted by atomic mass is 16.5. The van der Waals surface area contributed by atoms with Crippen molar-refractivity contribution < 1.29 is 9.53 Å². The summed E-state index contributed by atoms with van der Waals surface area (Å²) in [4.78, 5) is 11.1. The maximum Gasteiger partial charge on any atom is 0.157 e. The fourth-order valence-electron chi connectivity index (χ4n) is 1.34. The van der Waals surface area contributed by atoms with Crippen molar-refractivity contribution in [3.05, 3.63) is 11.8 Å². The number of hydrogen-bond acceptors (Lipinski definition) is 3. The van der Waals surface area contributed by atoms with E-state index in [0.29, 0.717) is 13.2 Å². The van der Waals surface area contributed by atoms with E-state index in [0.717, 1.165) is 12.2 Å². The Morgan fingerprint density at radius 3 is 3.40 bits per heavy atom. The van der Waals surface area contributed by atoms with E-state index in [2.05, 4.69) is 5.32 Å². The van der Waals surface area contributed by atoms with Crippen LogP contribution in [-0.2, 0) is 9.53 Å². The number of nitrogens with one attached hydrogen (secondary N) is 1. The van der Waals surface area contributed by atoms with E-state index in [1.165, 1.54) is 0 Å². The Hall–Kier alpha value is -0.830. The summed E-state index contributed by atoms with van der Waals surface area (Å²) in [5.74, 6) is 1.09. The molecule has 0 radical (unpaired) electrons. The molecule has 1 fully saturated rings. The zero-order valence-electron chi connectivity index (χ0n) is 5.59. The average molecular weight is 139 g/mol. The third kappa shape index (κ3) is 0.743. The first kappa shape index (κ1) is 5.92. The van der Waals surface area contributed by atoms with Gasteiger partial charge in [0.05, 0.1) is 0 Å². The fourth-order valence-corrected chi connectivity index (χ4v) is 1.34. The first-order chi connectivity index (χ1) is 4.88. The van der Waals surface area contributed by atoms with Gasteiger partial charge in [0.2, 0.25) is 0 Å². The van der Waals surface area contributed by atoms with Crippen LogP contribution in [0.5, 0.6) is 0 Å². The molecule has 1 aliphatic heterocycles. The second-order valence-electron chi connectivity index (χ2n) is 2.54. The van der Waals surface area contributed by atoms with E-state index in [-0.39, 0.29) is 11.8 Å². The minimum absolute atomic E-state index is 0.117. The highest BCUT2D eigenvalue weighted by Crippen LogP contribution is 2.19. The first-order valence-corrected chi connectivity index (χ1v) is 3.47. The fraction of sp³-hybridized carbons (Fsp3) is 0.571. The van der Waals surface area contributed by atoms with Crippen molar-refractivity contribution in [2.45, 2.75) is 18.9 Å². The van der Waals surface area contributed by atoms with Gasteiger partial charge in [-0.3, -0.25) is 10.1 Å². The Bertz CT molecular complexity index is 198. The predicted molar refractivity (Wildman–Crippen MR) is 35.2 cm³/mol. The van der Waals surface area contributed by atoms with Gasteiger partial charge in [-0.25, -0.2) is 0 Å². The lowest BCUT2D eigenvalue weighted by Gasteiger charge is -2.12. The Balaban J connectivity index is 2.26. The minimum atomic E-state index is -0.117. The van der Waals surface area contributed by atoms with Crippen molar-refractivity contribution in [3.63, 3.8) is 0 Å². The van der Waals surface area contributed by atoms with Crippen LogP contribution in [0.4, 0.5) is 0 Å². The quantitative estimate of drug-likeness (QED) is 0.520. The van der Waals surface area contributed by atoms with Gasteiger partial charge < -0.3 is 4.74 Å². The smallest absolute Gasteiger partial charge is 0.157 e. The number of carbonyl (C=O) groups is 1. The molecule has 2 aliphatic rings. The van der Waals surface area contributed by atoms with Gasteiger partial charge in [0.25, 0.3) is 0 Å². The van der Waals surface area contributed by atoms with E-state index in [1.54, 1.807) is 0 Å². The molecule has 2 rings (SSSR count). The molecule has 0 spiro atoms. The molecule has 0 aromatic heterocycles. The molecule has 10 heavy (non-hydrogen) atoms. The zero-order chi connectivity index (χ0) is 6.97. The standard InChI is InChI=1S/C7H9NO2/c9-5-2-1-3-6-7(5)8-4-10-6/h3,7-8H,1-2,4H2. The van der Waals surface area contributed by atoms with Crippen molar-refractivity contribution in [3.8, 4) is 0 Å². The topological polar surface area (TPSA) is 38.3 Å². The summed E-state index contributed by atoms with van der Waals surface area (Å²) in [6.45, 7) is 0.488. The molecule has 1 aliphatic carbocycles. The second kappa shape index (κ2) is 2.09. The Morgan fingerprint density at radius 1 is 1.70 bits per heavy atom. The van der Waals surface area contributed by atoms with Crippen molar-refractivity contribution >= 4 is 5.78 Å². The van der Waals surface area contributed by atoms with Crippen LogP contribution in [0.25, 0.3) is 0 Å². The molecule has 3 nitrogen and oxygen atoms in total. The Kier molecular flexibility index (Phi) is 1.24. The van der Waals surface area contributed by atoms with Crippen LogP contribution in [0.15, 0.2) is 11.8 Å². The number of ketones is 1. The molecule has 0 bridgehead atoms. The maximum atomic E-state index is 11.1. The maximum absolute atomic E-state index is 11.1. The van der Waals surface area contributed by atoms with Gasteiger partial charge in [0.15, 0.2) is 5.78 Å². The van der Waals surface area contributed by atoms with Crippen LogP contribution in [0, 0.1) is 0 Å². The minimum Gasteiger partial charge on any atom is -0.481 e. The lowest BCUT2D eigenvalue weighted by atomic mass is 10.0. The van der Waals surface area contributed by atoms with Gasteiger partial charge in [-0.2, -0.15) is 0 Å². The van der Waals surface area contributed by atoms with Gasteiger partial charge in [-0.15, -0.1) is 0 Å². The van der Waals surface area contributed by atoms with E-state index in [4.69, 9.17) is 4.74 Å². The number of fused-ring (bicyclic) bond motifs is 1. The number of carbonyl (C=O) groups excluding carboxylic acids is 1. The summed E-state index contributed by atoms with van der Waals surface area (Å²) in [5, 5.41) is 2.97. The van der Waals surface area contributed by atoms with Gasteiger partial charge >= 0.3 is 0 Å². The SMILES string of the molecule is O=C1CCC=C2OCNC12. The Labute approximate surface area is 59.1 Å². The molecule has 0 aromatic carbocycles. The number of ether oxygens (including phenoxy) is 1. The predicted octanol–water partition coefficient (Wildman–Crippen LogP) is 0.179. The highest BCUT2D eigenvalue weighted by Gasteiger charge is 2.30. The number of Topliss-reactive ketones (excluding diaryl/α,β-unsaturated/α-hetero) is 1. The molecule has 54 valence electrons. The zero-order valence-corrected chi connectivity index (χ0v) is 5.59. The number of rotatable bonds is 0. The summed E-state index contributed by atoms with van der Waals surface area (Å²) in [7, 11) is 0. The molecule has 3 heteroatoms. The van der Waals surface area contributed by atoms with Crippen LogP contribution >= 0.6 is 0 Å². The van der Waals surface area contributed by atoms with Crippen LogP contribution in [0.1, 0.15) is 12.8 Å². The van der Waals surface area contributed by atoms with E-state index in [9.17, 15) is 4.79 Å². The molecule has 1 N–H and O–H groups in total. The number of hydrogen-bond donors (Lipinski definition) is 1. The molecule has 1 heterocycles.